The fourth-order valence-electron chi connectivity index (χ4n) is 2.98. The van der Waals surface area contributed by atoms with Crippen LogP contribution in [0.15, 0.2) is 28.7 Å². The molecule has 2 aromatic heterocycles. The Morgan fingerprint density at radius 1 is 1.11 bits per heavy atom. The van der Waals surface area contributed by atoms with Crippen molar-refractivity contribution in [3.8, 4) is 0 Å². The van der Waals surface area contributed by atoms with Crippen molar-refractivity contribution >= 4 is 39.1 Å². The van der Waals surface area contributed by atoms with Crippen LogP contribution in [0.5, 0.6) is 0 Å². The van der Waals surface area contributed by atoms with Crippen molar-refractivity contribution in [2.24, 2.45) is 0 Å². The molecule has 3 rings (SSSR count). The van der Waals surface area contributed by atoms with Crippen molar-refractivity contribution in [2.75, 3.05) is 5.32 Å². The molecule has 27 heavy (non-hydrogen) atoms. The summed E-state index contributed by atoms with van der Waals surface area (Å²) in [6.45, 7) is 8.40. The number of anilines is 1. The Morgan fingerprint density at radius 2 is 1.81 bits per heavy atom. The van der Waals surface area contributed by atoms with Gasteiger partial charge in [0.2, 0.25) is 5.91 Å². The number of aryl methyl sites for hydroxylation is 2. The minimum atomic E-state index is -0.137. The predicted molar refractivity (Wildman–Crippen MR) is 110 cm³/mol. The van der Waals surface area contributed by atoms with Crippen LogP contribution in [0.1, 0.15) is 28.3 Å². The number of aromatic nitrogens is 4. The van der Waals surface area contributed by atoms with Gasteiger partial charge in [-0.2, -0.15) is 10.2 Å². The SMILES string of the molecule is Cc1nn(CC(=O)Nc2c(C)nn(Cc3cccc(Cl)c3)c2C)c(C)c1Br. The smallest absolute Gasteiger partial charge is 0.246 e. The van der Waals surface area contributed by atoms with E-state index in [-0.39, 0.29) is 12.5 Å². The molecule has 3 aromatic rings. The number of rotatable bonds is 5. The van der Waals surface area contributed by atoms with E-state index in [0.717, 1.165) is 38.5 Å². The van der Waals surface area contributed by atoms with Gasteiger partial charge in [0.1, 0.15) is 6.54 Å². The van der Waals surface area contributed by atoms with Gasteiger partial charge in [-0.25, -0.2) is 0 Å². The molecule has 0 saturated heterocycles. The van der Waals surface area contributed by atoms with Crippen molar-refractivity contribution < 1.29 is 4.79 Å². The molecule has 1 amide bonds. The summed E-state index contributed by atoms with van der Waals surface area (Å²) in [4.78, 5) is 12.5. The van der Waals surface area contributed by atoms with Crippen molar-refractivity contribution in [1.82, 2.24) is 19.6 Å². The molecule has 142 valence electrons. The molecular formula is C19H21BrClN5O. The van der Waals surface area contributed by atoms with Gasteiger partial charge in [0.25, 0.3) is 0 Å². The van der Waals surface area contributed by atoms with Gasteiger partial charge in [-0.05, 0) is 61.3 Å². The van der Waals surface area contributed by atoms with Crippen LogP contribution in [0.4, 0.5) is 5.69 Å². The maximum Gasteiger partial charge on any atom is 0.246 e. The van der Waals surface area contributed by atoms with Gasteiger partial charge in [-0.1, -0.05) is 23.7 Å². The highest BCUT2D eigenvalue weighted by molar-refractivity contribution is 9.10. The Hall–Kier alpha value is -2.12. The van der Waals surface area contributed by atoms with E-state index in [4.69, 9.17) is 11.6 Å². The first-order valence-corrected chi connectivity index (χ1v) is 9.71. The molecule has 0 aliphatic heterocycles. The Labute approximate surface area is 171 Å². The highest BCUT2D eigenvalue weighted by atomic mass is 79.9. The van der Waals surface area contributed by atoms with E-state index in [1.54, 1.807) is 4.68 Å². The van der Waals surface area contributed by atoms with Gasteiger partial charge in [-0.3, -0.25) is 14.2 Å². The predicted octanol–water partition coefficient (Wildman–Crippen LogP) is 4.42. The zero-order valence-corrected chi connectivity index (χ0v) is 18.0. The van der Waals surface area contributed by atoms with Gasteiger partial charge in [-0.15, -0.1) is 0 Å². The molecule has 0 spiro atoms. The maximum absolute atomic E-state index is 12.5. The molecule has 0 aliphatic carbocycles. The number of carbonyl (C=O) groups excluding carboxylic acids is 1. The van der Waals surface area contributed by atoms with Gasteiger partial charge >= 0.3 is 0 Å². The number of hydrogen-bond acceptors (Lipinski definition) is 3. The van der Waals surface area contributed by atoms with Crippen LogP contribution in [0, 0.1) is 27.7 Å². The normalized spacial score (nSPS) is 11.0. The second kappa shape index (κ2) is 7.86. The Balaban J connectivity index is 1.76. The first kappa shape index (κ1) is 19.6. The molecule has 1 aromatic carbocycles. The van der Waals surface area contributed by atoms with Crippen LogP contribution >= 0.6 is 27.5 Å². The lowest BCUT2D eigenvalue weighted by atomic mass is 10.2. The molecule has 0 aliphatic rings. The summed E-state index contributed by atoms with van der Waals surface area (Å²) in [6, 6.07) is 7.67. The third kappa shape index (κ3) is 4.25. The third-order valence-electron chi connectivity index (χ3n) is 4.45. The average molecular weight is 451 g/mol. The van der Waals surface area contributed by atoms with E-state index in [2.05, 4.69) is 31.4 Å². The summed E-state index contributed by atoms with van der Waals surface area (Å²) in [5.41, 5.74) is 5.25. The van der Waals surface area contributed by atoms with Crippen molar-refractivity contribution in [2.45, 2.75) is 40.8 Å². The lowest BCUT2D eigenvalue weighted by Gasteiger charge is -2.08. The number of benzene rings is 1. The Bertz CT molecular complexity index is 1010. The second-order valence-electron chi connectivity index (χ2n) is 6.52. The minimum Gasteiger partial charge on any atom is -0.321 e. The highest BCUT2D eigenvalue weighted by Crippen LogP contribution is 2.22. The molecule has 0 bridgehead atoms. The molecule has 1 N–H and O–H groups in total. The van der Waals surface area contributed by atoms with Gasteiger partial charge in [0.15, 0.2) is 0 Å². The van der Waals surface area contributed by atoms with Crippen molar-refractivity contribution in [1.29, 1.82) is 0 Å². The minimum absolute atomic E-state index is 0.137. The zero-order valence-electron chi connectivity index (χ0n) is 15.7. The zero-order chi connectivity index (χ0) is 19.7. The standard InChI is InChI=1S/C19H21BrClN5O/c1-11-18(20)13(3)26(23-11)10-17(27)22-19-12(2)24-25(14(19)4)9-15-6-5-7-16(21)8-15/h5-8H,9-10H2,1-4H3,(H,22,27). The number of nitrogens with one attached hydrogen (secondary N) is 1. The third-order valence-corrected chi connectivity index (χ3v) is 5.84. The Morgan fingerprint density at radius 3 is 2.44 bits per heavy atom. The molecule has 0 atom stereocenters. The molecule has 0 saturated carbocycles. The fraction of sp³-hybridized carbons (Fsp3) is 0.316. The topological polar surface area (TPSA) is 64.7 Å². The molecular weight excluding hydrogens is 430 g/mol. The van der Waals surface area contributed by atoms with Crippen LogP contribution in [0.25, 0.3) is 0 Å². The van der Waals surface area contributed by atoms with Crippen LogP contribution in [0.2, 0.25) is 5.02 Å². The van der Waals surface area contributed by atoms with Crippen molar-refractivity contribution in [3.05, 3.63) is 62.1 Å². The summed E-state index contributed by atoms with van der Waals surface area (Å²) < 4.78 is 4.49. The number of amides is 1. The van der Waals surface area contributed by atoms with Crippen LogP contribution < -0.4 is 5.32 Å². The quantitative estimate of drug-likeness (QED) is 0.626. The van der Waals surface area contributed by atoms with Gasteiger partial charge < -0.3 is 5.32 Å². The van der Waals surface area contributed by atoms with E-state index in [1.165, 1.54) is 0 Å². The van der Waals surface area contributed by atoms with Gasteiger partial charge in [0, 0.05) is 5.02 Å². The first-order chi connectivity index (χ1) is 12.8. The number of nitrogens with zero attached hydrogens (tertiary/aromatic N) is 4. The van der Waals surface area contributed by atoms with Crippen LogP contribution in [-0.4, -0.2) is 25.5 Å². The number of halogens is 2. The van der Waals surface area contributed by atoms with E-state index in [1.807, 2.05) is 56.6 Å². The summed E-state index contributed by atoms with van der Waals surface area (Å²) in [5.74, 6) is -0.137. The second-order valence-corrected chi connectivity index (χ2v) is 7.75. The Kier molecular flexibility index (Phi) is 5.72. The summed E-state index contributed by atoms with van der Waals surface area (Å²) in [6.07, 6.45) is 0. The van der Waals surface area contributed by atoms with Crippen LogP contribution in [0.3, 0.4) is 0 Å². The lowest BCUT2D eigenvalue weighted by Crippen LogP contribution is -2.21. The molecule has 6 nitrogen and oxygen atoms in total. The first-order valence-electron chi connectivity index (χ1n) is 8.54. The van der Waals surface area contributed by atoms with Crippen molar-refractivity contribution in [3.63, 3.8) is 0 Å². The van der Waals surface area contributed by atoms with E-state index >= 15 is 0 Å². The van der Waals surface area contributed by atoms with Gasteiger partial charge in [0.05, 0.1) is 39.5 Å². The molecule has 0 unspecified atom stereocenters. The summed E-state index contributed by atoms with van der Waals surface area (Å²) in [5, 5.41) is 12.6. The van der Waals surface area contributed by atoms with E-state index < -0.39 is 0 Å². The molecule has 0 fully saturated rings. The fourth-order valence-corrected chi connectivity index (χ4v) is 3.48. The maximum atomic E-state index is 12.5. The van der Waals surface area contributed by atoms with Crippen LogP contribution in [-0.2, 0) is 17.9 Å². The van der Waals surface area contributed by atoms with E-state index in [0.29, 0.717) is 11.6 Å². The highest BCUT2D eigenvalue weighted by Gasteiger charge is 2.17. The number of hydrogen-bond donors (Lipinski definition) is 1. The molecule has 8 heteroatoms. The molecule has 2 heterocycles. The molecule has 0 radical (unpaired) electrons. The lowest BCUT2D eigenvalue weighted by molar-refractivity contribution is -0.116. The monoisotopic (exact) mass is 449 g/mol. The number of carbonyl (C=O) groups is 1. The summed E-state index contributed by atoms with van der Waals surface area (Å²) >= 11 is 9.54. The summed E-state index contributed by atoms with van der Waals surface area (Å²) in [7, 11) is 0. The average Bonchev–Trinajstić information content (AvgIpc) is 3.00. The van der Waals surface area contributed by atoms with E-state index in [9.17, 15) is 4.79 Å². The largest absolute Gasteiger partial charge is 0.321 e.